The fourth-order valence-corrected chi connectivity index (χ4v) is 3.84. The molecule has 0 bridgehead atoms. The molecule has 3 heterocycles. The minimum Gasteiger partial charge on any atom is -0.302 e. The molecule has 24 heavy (non-hydrogen) atoms. The Morgan fingerprint density at radius 3 is 3.00 bits per heavy atom. The van der Waals surface area contributed by atoms with Gasteiger partial charge < -0.3 is 5.32 Å². The topological polar surface area (TPSA) is 72.2 Å². The van der Waals surface area contributed by atoms with Crippen LogP contribution in [-0.4, -0.2) is 31.2 Å². The zero-order valence-electron chi connectivity index (χ0n) is 12.5. The van der Waals surface area contributed by atoms with Gasteiger partial charge in [-0.3, -0.25) is 9.20 Å². The summed E-state index contributed by atoms with van der Waals surface area (Å²) >= 11 is 2.93. The van der Waals surface area contributed by atoms with Gasteiger partial charge in [0.2, 0.25) is 5.91 Å². The third-order valence-corrected chi connectivity index (χ3v) is 5.11. The molecular weight excluding hydrogens is 342 g/mol. The van der Waals surface area contributed by atoms with Gasteiger partial charge in [-0.1, -0.05) is 30.0 Å². The van der Waals surface area contributed by atoms with E-state index in [-0.39, 0.29) is 5.91 Å². The van der Waals surface area contributed by atoms with Crippen LogP contribution in [0.4, 0.5) is 5.13 Å². The zero-order valence-corrected chi connectivity index (χ0v) is 14.2. The van der Waals surface area contributed by atoms with Crippen LogP contribution in [-0.2, 0) is 4.79 Å². The van der Waals surface area contributed by atoms with E-state index in [0.29, 0.717) is 17.3 Å². The van der Waals surface area contributed by atoms with Gasteiger partial charge in [0.15, 0.2) is 15.9 Å². The summed E-state index contributed by atoms with van der Waals surface area (Å²) in [7, 11) is 0. The molecule has 0 aliphatic heterocycles. The summed E-state index contributed by atoms with van der Waals surface area (Å²) in [5, 5.41) is 15.6. The smallest absolute Gasteiger partial charge is 0.226 e. The summed E-state index contributed by atoms with van der Waals surface area (Å²) in [6.45, 7) is 0. The lowest BCUT2D eigenvalue weighted by molar-refractivity contribution is -0.115. The highest BCUT2D eigenvalue weighted by Crippen LogP contribution is 2.23. The standard InChI is InChI=1S/C16H13N5OS2/c22-14(18-15-17-8-10-23-15)7-9-24-16-20-19-13-6-5-11-3-1-2-4-12(11)21(13)16/h1-6,8,10H,7,9H2,(H,17,18,22). The maximum Gasteiger partial charge on any atom is 0.226 e. The Bertz CT molecular complexity index is 996. The van der Waals surface area contributed by atoms with E-state index in [1.165, 1.54) is 23.1 Å². The number of nitrogens with one attached hydrogen (secondary N) is 1. The number of amides is 1. The Kier molecular flexibility index (Phi) is 4.14. The van der Waals surface area contributed by atoms with E-state index < -0.39 is 0 Å². The number of pyridine rings is 1. The van der Waals surface area contributed by atoms with Crippen molar-refractivity contribution in [3.8, 4) is 0 Å². The number of hydrogen-bond acceptors (Lipinski definition) is 6. The van der Waals surface area contributed by atoms with Gasteiger partial charge >= 0.3 is 0 Å². The van der Waals surface area contributed by atoms with Gasteiger partial charge in [0.05, 0.1) is 5.52 Å². The number of benzene rings is 1. The van der Waals surface area contributed by atoms with Crippen LogP contribution in [0, 0.1) is 0 Å². The summed E-state index contributed by atoms with van der Waals surface area (Å²) in [5.41, 5.74) is 1.87. The third kappa shape index (κ3) is 2.98. The first-order chi connectivity index (χ1) is 11.8. The fourth-order valence-electron chi connectivity index (χ4n) is 2.41. The Labute approximate surface area is 145 Å². The number of thioether (sulfide) groups is 1. The second-order valence-electron chi connectivity index (χ2n) is 5.05. The predicted molar refractivity (Wildman–Crippen MR) is 96.6 cm³/mol. The van der Waals surface area contributed by atoms with Crippen molar-refractivity contribution in [2.75, 3.05) is 11.1 Å². The number of fused-ring (bicyclic) bond motifs is 3. The van der Waals surface area contributed by atoms with Crippen molar-refractivity contribution in [3.05, 3.63) is 48.0 Å². The SMILES string of the molecule is O=C(CCSc1nnc2ccc3ccccc3n12)Nc1nccs1. The monoisotopic (exact) mass is 355 g/mol. The van der Waals surface area contributed by atoms with Crippen LogP contribution >= 0.6 is 23.1 Å². The van der Waals surface area contributed by atoms with Gasteiger partial charge in [-0.05, 0) is 23.6 Å². The van der Waals surface area contributed by atoms with Crippen molar-refractivity contribution in [3.63, 3.8) is 0 Å². The maximum atomic E-state index is 11.9. The molecule has 4 rings (SSSR count). The second kappa shape index (κ2) is 6.58. The molecular formula is C16H13N5OS2. The highest BCUT2D eigenvalue weighted by atomic mass is 32.2. The number of nitrogens with zero attached hydrogens (tertiary/aromatic N) is 4. The van der Waals surface area contributed by atoms with Gasteiger partial charge in [-0.15, -0.1) is 21.5 Å². The Morgan fingerprint density at radius 1 is 1.21 bits per heavy atom. The summed E-state index contributed by atoms with van der Waals surface area (Å²) in [6.07, 6.45) is 2.06. The summed E-state index contributed by atoms with van der Waals surface area (Å²) in [5.74, 6) is 0.581. The Hall–Kier alpha value is -2.45. The van der Waals surface area contributed by atoms with E-state index in [1.807, 2.05) is 40.1 Å². The number of rotatable bonds is 5. The van der Waals surface area contributed by atoms with Crippen molar-refractivity contribution < 1.29 is 4.79 Å². The molecule has 1 amide bonds. The lowest BCUT2D eigenvalue weighted by Crippen LogP contribution is -2.11. The summed E-state index contributed by atoms with van der Waals surface area (Å²) < 4.78 is 2.03. The molecule has 1 N–H and O–H groups in total. The van der Waals surface area contributed by atoms with E-state index in [1.54, 1.807) is 6.20 Å². The Balaban J connectivity index is 1.49. The van der Waals surface area contributed by atoms with E-state index in [4.69, 9.17) is 0 Å². The van der Waals surface area contributed by atoms with E-state index in [0.717, 1.165) is 21.7 Å². The van der Waals surface area contributed by atoms with Crippen LogP contribution in [0.1, 0.15) is 6.42 Å². The van der Waals surface area contributed by atoms with Gasteiger partial charge in [-0.2, -0.15) is 0 Å². The van der Waals surface area contributed by atoms with Crippen LogP contribution in [0.25, 0.3) is 16.6 Å². The zero-order chi connectivity index (χ0) is 16.4. The number of hydrogen-bond donors (Lipinski definition) is 1. The van der Waals surface area contributed by atoms with Crippen molar-refractivity contribution in [1.29, 1.82) is 0 Å². The van der Waals surface area contributed by atoms with Gasteiger partial charge in [0.25, 0.3) is 0 Å². The maximum absolute atomic E-state index is 11.9. The molecule has 8 heteroatoms. The minimum absolute atomic E-state index is 0.0453. The average molecular weight is 355 g/mol. The number of thiazole rings is 1. The fraction of sp³-hybridized carbons (Fsp3) is 0.125. The van der Waals surface area contributed by atoms with Gasteiger partial charge in [0.1, 0.15) is 0 Å². The quantitative estimate of drug-likeness (QED) is 0.555. The van der Waals surface area contributed by atoms with Crippen LogP contribution in [0.3, 0.4) is 0 Å². The van der Waals surface area contributed by atoms with Crippen LogP contribution in [0.5, 0.6) is 0 Å². The normalized spacial score (nSPS) is 11.2. The van der Waals surface area contributed by atoms with Crippen LogP contribution in [0.15, 0.2) is 53.1 Å². The second-order valence-corrected chi connectivity index (χ2v) is 7.01. The minimum atomic E-state index is -0.0453. The number of carbonyl (C=O) groups excluding carboxylic acids is 1. The molecule has 3 aromatic heterocycles. The number of anilines is 1. The Morgan fingerprint density at radius 2 is 2.12 bits per heavy atom. The van der Waals surface area contributed by atoms with E-state index >= 15 is 0 Å². The highest BCUT2D eigenvalue weighted by molar-refractivity contribution is 7.99. The molecule has 0 atom stereocenters. The number of para-hydroxylation sites is 1. The molecule has 0 radical (unpaired) electrons. The highest BCUT2D eigenvalue weighted by Gasteiger charge is 2.10. The lowest BCUT2D eigenvalue weighted by Gasteiger charge is -2.04. The molecule has 0 saturated carbocycles. The van der Waals surface area contributed by atoms with E-state index in [2.05, 4.69) is 26.6 Å². The number of aromatic nitrogens is 4. The molecule has 0 spiro atoms. The lowest BCUT2D eigenvalue weighted by atomic mass is 10.2. The molecule has 0 aliphatic carbocycles. The van der Waals surface area contributed by atoms with Crippen molar-refractivity contribution in [2.45, 2.75) is 11.6 Å². The molecule has 120 valence electrons. The van der Waals surface area contributed by atoms with E-state index in [9.17, 15) is 4.79 Å². The molecule has 4 aromatic rings. The summed E-state index contributed by atoms with van der Waals surface area (Å²) in [4.78, 5) is 16.0. The molecule has 6 nitrogen and oxygen atoms in total. The first-order valence-corrected chi connectivity index (χ1v) is 9.23. The molecule has 1 aromatic carbocycles. The van der Waals surface area contributed by atoms with Crippen LogP contribution < -0.4 is 5.32 Å². The molecule has 0 unspecified atom stereocenters. The van der Waals surface area contributed by atoms with Crippen molar-refractivity contribution in [2.24, 2.45) is 0 Å². The molecule has 0 fully saturated rings. The van der Waals surface area contributed by atoms with Gasteiger partial charge in [-0.25, -0.2) is 4.98 Å². The third-order valence-electron chi connectivity index (χ3n) is 3.49. The predicted octanol–water partition coefficient (Wildman–Crippen LogP) is 3.46. The summed E-state index contributed by atoms with van der Waals surface area (Å²) in [6, 6.07) is 12.1. The first-order valence-electron chi connectivity index (χ1n) is 7.36. The van der Waals surface area contributed by atoms with Gasteiger partial charge in [0, 0.05) is 23.8 Å². The van der Waals surface area contributed by atoms with Crippen molar-refractivity contribution >= 4 is 50.7 Å². The first kappa shape index (κ1) is 15.1. The molecule has 0 aliphatic rings. The molecule has 0 saturated heterocycles. The van der Waals surface area contributed by atoms with Crippen molar-refractivity contribution in [1.82, 2.24) is 19.6 Å². The largest absolute Gasteiger partial charge is 0.302 e. The van der Waals surface area contributed by atoms with Crippen LogP contribution in [0.2, 0.25) is 0 Å². The average Bonchev–Trinajstić information content (AvgIpc) is 3.25. The number of carbonyl (C=O) groups is 1.